The SMILES string of the molecule is Cc1cc(NC(=O)C(C)(C)C)cc(C)c1C(=O)c1ccc(O)c(C(C)C)c1. The van der Waals surface area contributed by atoms with Crippen molar-refractivity contribution in [1.82, 2.24) is 0 Å². The van der Waals surface area contributed by atoms with Crippen LogP contribution in [0.3, 0.4) is 0 Å². The van der Waals surface area contributed by atoms with E-state index in [4.69, 9.17) is 0 Å². The minimum absolute atomic E-state index is 0.0690. The summed E-state index contributed by atoms with van der Waals surface area (Å²) in [5, 5.41) is 12.9. The summed E-state index contributed by atoms with van der Waals surface area (Å²) < 4.78 is 0. The maximum Gasteiger partial charge on any atom is 0.229 e. The Morgan fingerprint density at radius 2 is 1.56 bits per heavy atom. The molecule has 0 bridgehead atoms. The highest BCUT2D eigenvalue weighted by Crippen LogP contribution is 2.29. The summed E-state index contributed by atoms with van der Waals surface area (Å²) in [7, 11) is 0. The van der Waals surface area contributed by atoms with Gasteiger partial charge in [0.15, 0.2) is 5.78 Å². The molecule has 0 unspecified atom stereocenters. The summed E-state index contributed by atoms with van der Waals surface area (Å²) in [5.74, 6) is 0.172. The van der Waals surface area contributed by atoms with Crippen LogP contribution in [-0.4, -0.2) is 16.8 Å². The van der Waals surface area contributed by atoms with Gasteiger partial charge < -0.3 is 10.4 Å². The van der Waals surface area contributed by atoms with Crippen molar-refractivity contribution in [3.8, 4) is 5.75 Å². The van der Waals surface area contributed by atoms with Crippen LogP contribution in [-0.2, 0) is 4.79 Å². The zero-order valence-corrected chi connectivity index (χ0v) is 17.2. The molecular weight excluding hydrogens is 338 g/mol. The number of anilines is 1. The van der Waals surface area contributed by atoms with Crippen LogP contribution in [0.15, 0.2) is 30.3 Å². The van der Waals surface area contributed by atoms with E-state index in [0.717, 1.165) is 16.7 Å². The van der Waals surface area contributed by atoms with E-state index in [-0.39, 0.29) is 23.4 Å². The lowest BCUT2D eigenvalue weighted by Crippen LogP contribution is -2.27. The fourth-order valence-electron chi connectivity index (χ4n) is 3.01. The fraction of sp³-hybridized carbons (Fsp3) is 0.391. The van der Waals surface area contributed by atoms with E-state index >= 15 is 0 Å². The second kappa shape index (κ2) is 7.55. The Morgan fingerprint density at radius 1 is 1.00 bits per heavy atom. The summed E-state index contributed by atoms with van der Waals surface area (Å²) in [5.41, 5.74) is 3.75. The number of phenols is 1. The number of benzene rings is 2. The first-order valence-corrected chi connectivity index (χ1v) is 9.22. The predicted molar refractivity (Wildman–Crippen MR) is 110 cm³/mol. The summed E-state index contributed by atoms with van der Waals surface area (Å²) in [6.45, 7) is 13.3. The van der Waals surface area contributed by atoms with E-state index in [9.17, 15) is 14.7 Å². The summed E-state index contributed by atoms with van der Waals surface area (Å²) in [6.07, 6.45) is 0. The van der Waals surface area contributed by atoms with Gasteiger partial charge in [-0.15, -0.1) is 0 Å². The highest BCUT2D eigenvalue weighted by atomic mass is 16.3. The molecule has 27 heavy (non-hydrogen) atoms. The van der Waals surface area contributed by atoms with E-state index in [1.807, 2.05) is 60.6 Å². The summed E-state index contributed by atoms with van der Waals surface area (Å²) >= 11 is 0. The summed E-state index contributed by atoms with van der Waals surface area (Å²) in [6, 6.07) is 8.64. The van der Waals surface area contributed by atoms with Gasteiger partial charge in [-0.3, -0.25) is 9.59 Å². The molecule has 0 aromatic heterocycles. The van der Waals surface area contributed by atoms with Gasteiger partial charge in [0.1, 0.15) is 5.75 Å². The molecule has 2 aromatic carbocycles. The van der Waals surface area contributed by atoms with Crippen LogP contribution in [0, 0.1) is 19.3 Å². The van der Waals surface area contributed by atoms with Crippen molar-refractivity contribution in [2.75, 3.05) is 5.32 Å². The van der Waals surface area contributed by atoms with Crippen LogP contribution in [0.25, 0.3) is 0 Å². The molecule has 0 radical (unpaired) electrons. The number of hydrogen-bond acceptors (Lipinski definition) is 3. The maximum atomic E-state index is 13.1. The molecule has 2 rings (SSSR count). The van der Waals surface area contributed by atoms with Gasteiger partial charge in [-0.05, 0) is 66.8 Å². The Labute approximate surface area is 161 Å². The Kier molecular flexibility index (Phi) is 5.79. The van der Waals surface area contributed by atoms with Gasteiger partial charge in [0, 0.05) is 22.2 Å². The molecule has 0 saturated heterocycles. The lowest BCUT2D eigenvalue weighted by Gasteiger charge is -2.19. The van der Waals surface area contributed by atoms with Crippen molar-refractivity contribution < 1.29 is 14.7 Å². The van der Waals surface area contributed by atoms with Gasteiger partial charge in [0.05, 0.1) is 0 Å². The molecule has 4 heteroatoms. The van der Waals surface area contributed by atoms with Crippen molar-refractivity contribution in [1.29, 1.82) is 0 Å². The minimum Gasteiger partial charge on any atom is -0.508 e. The average Bonchev–Trinajstić information content (AvgIpc) is 2.53. The third-order valence-corrected chi connectivity index (χ3v) is 4.61. The van der Waals surface area contributed by atoms with Crippen molar-refractivity contribution in [2.24, 2.45) is 5.41 Å². The number of rotatable bonds is 4. The molecule has 0 spiro atoms. The number of aromatic hydroxyl groups is 1. The van der Waals surface area contributed by atoms with Gasteiger partial charge in [0.25, 0.3) is 0 Å². The zero-order valence-electron chi connectivity index (χ0n) is 17.2. The van der Waals surface area contributed by atoms with E-state index in [1.165, 1.54) is 0 Å². The quantitative estimate of drug-likeness (QED) is 0.716. The number of aryl methyl sites for hydroxylation is 2. The van der Waals surface area contributed by atoms with Gasteiger partial charge in [-0.1, -0.05) is 34.6 Å². The van der Waals surface area contributed by atoms with Crippen LogP contribution in [0.5, 0.6) is 5.75 Å². The normalized spacial score (nSPS) is 11.6. The number of carbonyl (C=O) groups excluding carboxylic acids is 2. The minimum atomic E-state index is -0.490. The van der Waals surface area contributed by atoms with Crippen molar-refractivity contribution >= 4 is 17.4 Å². The molecule has 2 aromatic rings. The lowest BCUT2D eigenvalue weighted by atomic mass is 9.91. The van der Waals surface area contributed by atoms with E-state index in [1.54, 1.807) is 18.2 Å². The monoisotopic (exact) mass is 367 g/mol. The number of nitrogens with one attached hydrogen (secondary N) is 1. The number of ketones is 1. The van der Waals surface area contributed by atoms with Crippen LogP contribution in [0.2, 0.25) is 0 Å². The Hall–Kier alpha value is -2.62. The summed E-state index contributed by atoms with van der Waals surface area (Å²) in [4.78, 5) is 25.3. The first-order chi connectivity index (χ1) is 12.4. The molecule has 0 aliphatic rings. The van der Waals surface area contributed by atoms with Crippen LogP contribution >= 0.6 is 0 Å². The third-order valence-electron chi connectivity index (χ3n) is 4.61. The second-order valence-corrected chi connectivity index (χ2v) is 8.45. The smallest absolute Gasteiger partial charge is 0.229 e. The van der Waals surface area contributed by atoms with Crippen molar-refractivity contribution in [3.63, 3.8) is 0 Å². The molecule has 4 nitrogen and oxygen atoms in total. The second-order valence-electron chi connectivity index (χ2n) is 8.45. The molecule has 144 valence electrons. The molecule has 0 aliphatic carbocycles. The van der Waals surface area contributed by atoms with E-state index in [2.05, 4.69) is 5.32 Å². The van der Waals surface area contributed by atoms with E-state index in [0.29, 0.717) is 16.8 Å². The molecule has 0 saturated carbocycles. The Balaban J connectivity index is 2.41. The zero-order chi connectivity index (χ0) is 20.5. The van der Waals surface area contributed by atoms with Gasteiger partial charge in [-0.25, -0.2) is 0 Å². The predicted octanol–water partition coefficient (Wildman–Crippen LogP) is 5.35. The van der Waals surface area contributed by atoms with Gasteiger partial charge in [-0.2, -0.15) is 0 Å². The molecule has 0 fully saturated rings. The number of amides is 1. The lowest BCUT2D eigenvalue weighted by molar-refractivity contribution is -0.123. The Morgan fingerprint density at radius 3 is 2.04 bits per heavy atom. The number of phenolic OH excluding ortho intramolecular Hbond substituents is 1. The molecule has 0 atom stereocenters. The standard InChI is InChI=1S/C23H29NO3/c1-13(2)18-12-16(8-9-19(18)25)21(26)20-14(3)10-17(11-15(20)4)24-22(27)23(5,6)7/h8-13,25H,1-7H3,(H,24,27). The highest BCUT2D eigenvalue weighted by Gasteiger charge is 2.22. The van der Waals surface area contributed by atoms with Crippen LogP contribution in [0.1, 0.15) is 73.1 Å². The fourth-order valence-corrected chi connectivity index (χ4v) is 3.01. The van der Waals surface area contributed by atoms with E-state index < -0.39 is 5.41 Å². The first-order valence-electron chi connectivity index (χ1n) is 9.22. The molecule has 1 amide bonds. The van der Waals surface area contributed by atoms with Gasteiger partial charge in [0.2, 0.25) is 5.91 Å². The molecular formula is C23H29NO3. The molecule has 0 aliphatic heterocycles. The molecule has 0 heterocycles. The maximum absolute atomic E-state index is 13.1. The Bertz CT molecular complexity index is 866. The molecule has 2 N–H and O–H groups in total. The largest absolute Gasteiger partial charge is 0.508 e. The topological polar surface area (TPSA) is 66.4 Å². The van der Waals surface area contributed by atoms with Crippen LogP contribution < -0.4 is 5.32 Å². The average molecular weight is 367 g/mol. The van der Waals surface area contributed by atoms with Crippen molar-refractivity contribution in [2.45, 2.75) is 54.4 Å². The van der Waals surface area contributed by atoms with Crippen LogP contribution in [0.4, 0.5) is 5.69 Å². The number of hydrogen-bond donors (Lipinski definition) is 2. The first kappa shape index (κ1) is 20.7. The number of carbonyl (C=O) groups is 2. The highest BCUT2D eigenvalue weighted by molar-refractivity contribution is 6.11. The third kappa shape index (κ3) is 4.57. The van der Waals surface area contributed by atoms with Crippen molar-refractivity contribution in [3.05, 3.63) is 58.1 Å². The van der Waals surface area contributed by atoms with Gasteiger partial charge >= 0.3 is 0 Å².